The summed E-state index contributed by atoms with van der Waals surface area (Å²) >= 11 is 0. The van der Waals surface area contributed by atoms with Gasteiger partial charge in [0.1, 0.15) is 6.54 Å². The Hall–Kier alpha value is -3.48. The zero-order chi connectivity index (χ0) is 20.7. The molecule has 2 aliphatic rings. The molecule has 3 aromatic rings. The van der Waals surface area contributed by atoms with Gasteiger partial charge in [-0.05, 0) is 36.1 Å². The van der Waals surface area contributed by atoms with E-state index in [1.807, 2.05) is 21.6 Å². The average molecular weight is 402 g/mol. The number of likely N-dealkylation sites (tertiary alicyclic amines) is 1. The number of rotatable bonds is 3. The Morgan fingerprint density at radius 1 is 1.00 bits per heavy atom. The summed E-state index contributed by atoms with van der Waals surface area (Å²) in [6.45, 7) is 1.84. The van der Waals surface area contributed by atoms with Crippen molar-refractivity contribution >= 4 is 5.91 Å². The number of amides is 1. The lowest BCUT2D eigenvalue weighted by Gasteiger charge is -2.43. The van der Waals surface area contributed by atoms with Gasteiger partial charge in [0, 0.05) is 67.5 Å². The Morgan fingerprint density at radius 3 is 2.70 bits per heavy atom. The number of aromatic nitrogens is 3. The van der Waals surface area contributed by atoms with Crippen LogP contribution in [0.25, 0.3) is 11.1 Å². The summed E-state index contributed by atoms with van der Waals surface area (Å²) in [5, 5.41) is 0. The average Bonchev–Trinajstić information content (AvgIpc) is 2.76. The highest BCUT2D eigenvalue weighted by Gasteiger charge is 2.36. The molecule has 0 saturated carbocycles. The molecule has 152 valence electrons. The molecular formula is C23H22N4O3. The molecule has 2 bridgehead atoms. The van der Waals surface area contributed by atoms with Gasteiger partial charge in [-0.2, -0.15) is 0 Å². The predicted molar refractivity (Wildman–Crippen MR) is 112 cm³/mol. The molecule has 0 N–H and O–H groups in total. The second kappa shape index (κ2) is 7.40. The van der Waals surface area contributed by atoms with E-state index in [4.69, 9.17) is 0 Å². The van der Waals surface area contributed by atoms with Crippen molar-refractivity contribution in [2.24, 2.45) is 5.92 Å². The number of nitrogens with zero attached hydrogens (tertiary/aromatic N) is 4. The summed E-state index contributed by atoms with van der Waals surface area (Å²) < 4.78 is 3.30. The quantitative estimate of drug-likeness (QED) is 0.668. The van der Waals surface area contributed by atoms with Gasteiger partial charge in [0.15, 0.2) is 0 Å². The predicted octanol–water partition coefficient (Wildman–Crippen LogP) is 1.72. The number of fused-ring (bicyclic) bond motifs is 4. The van der Waals surface area contributed by atoms with Crippen LogP contribution in [0.5, 0.6) is 0 Å². The van der Waals surface area contributed by atoms with Gasteiger partial charge >= 0.3 is 0 Å². The van der Waals surface area contributed by atoms with Crippen LogP contribution in [0.2, 0.25) is 0 Å². The molecular weight excluding hydrogens is 380 g/mol. The molecule has 0 aliphatic carbocycles. The lowest BCUT2D eigenvalue weighted by Crippen LogP contribution is -2.50. The molecule has 1 fully saturated rings. The van der Waals surface area contributed by atoms with Gasteiger partial charge in [-0.15, -0.1) is 0 Å². The zero-order valence-electron chi connectivity index (χ0n) is 16.5. The van der Waals surface area contributed by atoms with Crippen LogP contribution in [-0.4, -0.2) is 38.0 Å². The van der Waals surface area contributed by atoms with Gasteiger partial charge < -0.3 is 14.0 Å². The minimum Gasteiger partial charge on any atom is -0.340 e. The van der Waals surface area contributed by atoms with Crippen LogP contribution in [0.15, 0.2) is 70.6 Å². The Bertz CT molecular complexity index is 1210. The molecule has 3 aromatic heterocycles. The maximum Gasteiger partial charge on any atom is 0.251 e. The highest BCUT2D eigenvalue weighted by molar-refractivity contribution is 5.76. The second-order valence-electron chi connectivity index (χ2n) is 8.12. The van der Waals surface area contributed by atoms with Gasteiger partial charge in [0.05, 0.1) is 0 Å². The zero-order valence-corrected chi connectivity index (χ0v) is 16.5. The molecule has 0 spiro atoms. The van der Waals surface area contributed by atoms with Crippen LogP contribution in [-0.2, 0) is 17.9 Å². The summed E-state index contributed by atoms with van der Waals surface area (Å²) in [6, 6.07) is 12.4. The van der Waals surface area contributed by atoms with E-state index >= 15 is 0 Å². The van der Waals surface area contributed by atoms with Crippen LogP contribution in [0.1, 0.15) is 18.0 Å². The number of pyridine rings is 3. The van der Waals surface area contributed by atoms with Crippen molar-refractivity contribution in [3.8, 4) is 11.1 Å². The molecule has 0 aromatic carbocycles. The Morgan fingerprint density at radius 2 is 1.90 bits per heavy atom. The number of piperidine rings is 1. The van der Waals surface area contributed by atoms with E-state index in [0.29, 0.717) is 19.6 Å². The molecule has 2 atom stereocenters. The van der Waals surface area contributed by atoms with Crippen molar-refractivity contribution in [3.63, 3.8) is 0 Å². The topological polar surface area (TPSA) is 77.2 Å². The van der Waals surface area contributed by atoms with Gasteiger partial charge in [0.2, 0.25) is 5.91 Å². The fourth-order valence-corrected chi connectivity index (χ4v) is 4.70. The maximum atomic E-state index is 12.9. The summed E-state index contributed by atoms with van der Waals surface area (Å²) in [4.78, 5) is 43.7. The number of hydrogen-bond donors (Lipinski definition) is 0. The molecule has 5 heterocycles. The van der Waals surface area contributed by atoms with Crippen molar-refractivity contribution in [2.45, 2.75) is 25.4 Å². The lowest BCUT2D eigenvalue weighted by atomic mass is 9.82. The monoisotopic (exact) mass is 402 g/mol. The fourth-order valence-electron chi connectivity index (χ4n) is 4.70. The third kappa shape index (κ3) is 3.36. The van der Waals surface area contributed by atoms with E-state index < -0.39 is 0 Å². The summed E-state index contributed by atoms with van der Waals surface area (Å²) in [6.07, 6.45) is 6.07. The van der Waals surface area contributed by atoms with Gasteiger partial charge in [-0.25, -0.2) is 0 Å². The molecule has 7 heteroatoms. The molecule has 1 amide bonds. The Balaban J connectivity index is 1.43. The standard InChI is InChI=1S/C23H22N4O3/c28-21-5-1-2-7-25(21)15-23(30)26-12-16-8-19(14-26)20-9-18(10-22(29)27(20)13-16)17-4-3-6-24-11-17/h1-7,9-11,16,19H,8,12-15H2/t16-,19+/m0/s1. The third-order valence-electron chi connectivity index (χ3n) is 6.11. The number of hydrogen-bond acceptors (Lipinski definition) is 4. The highest BCUT2D eigenvalue weighted by Crippen LogP contribution is 2.36. The molecule has 30 heavy (non-hydrogen) atoms. The second-order valence-corrected chi connectivity index (χ2v) is 8.12. The SMILES string of the molecule is O=C(Cn1ccccc1=O)N1C[C@@H]2C[C@H](C1)c1cc(-c3cccnc3)cc(=O)n1C2. The molecule has 5 rings (SSSR count). The Labute approximate surface area is 173 Å². The first-order valence-electron chi connectivity index (χ1n) is 10.2. The lowest BCUT2D eigenvalue weighted by molar-refractivity contribution is -0.134. The minimum atomic E-state index is -0.180. The highest BCUT2D eigenvalue weighted by atomic mass is 16.2. The van der Waals surface area contributed by atoms with E-state index in [1.165, 1.54) is 10.6 Å². The van der Waals surface area contributed by atoms with Crippen LogP contribution < -0.4 is 11.1 Å². The summed E-state index contributed by atoms with van der Waals surface area (Å²) in [5.41, 5.74) is 2.56. The maximum absolute atomic E-state index is 12.9. The van der Waals surface area contributed by atoms with E-state index in [1.54, 1.807) is 36.8 Å². The number of carbonyl (C=O) groups excluding carboxylic acids is 1. The summed E-state index contributed by atoms with van der Waals surface area (Å²) in [5.74, 6) is 0.296. The minimum absolute atomic E-state index is 0.00309. The van der Waals surface area contributed by atoms with Crippen molar-refractivity contribution in [2.75, 3.05) is 13.1 Å². The molecule has 7 nitrogen and oxygen atoms in total. The smallest absolute Gasteiger partial charge is 0.251 e. The first-order valence-corrected chi connectivity index (χ1v) is 10.2. The number of carbonyl (C=O) groups is 1. The Kier molecular flexibility index (Phi) is 4.58. The third-order valence-corrected chi connectivity index (χ3v) is 6.11. The van der Waals surface area contributed by atoms with E-state index in [-0.39, 0.29) is 35.4 Å². The molecule has 1 saturated heterocycles. The van der Waals surface area contributed by atoms with Gasteiger partial charge in [-0.3, -0.25) is 19.4 Å². The van der Waals surface area contributed by atoms with Crippen LogP contribution >= 0.6 is 0 Å². The van der Waals surface area contributed by atoms with Crippen LogP contribution in [0.4, 0.5) is 0 Å². The molecule has 0 radical (unpaired) electrons. The van der Waals surface area contributed by atoms with Crippen molar-refractivity contribution in [3.05, 3.63) is 87.5 Å². The van der Waals surface area contributed by atoms with Gasteiger partial charge in [-0.1, -0.05) is 12.1 Å². The normalized spacial score (nSPS) is 19.9. The van der Waals surface area contributed by atoms with E-state index in [9.17, 15) is 14.4 Å². The van der Waals surface area contributed by atoms with Crippen LogP contribution in [0, 0.1) is 5.92 Å². The van der Waals surface area contributed by atoms with Crippen molar-refractivity contribution in [1.29, 1.82) is 0 Å². The van der Waals surface area contributed by atoms with Gasteiger partial charge in [0.25, 0.3) is 11.1 Å². The molecule has 2 aliphatic heterocycles. The van der Waals surface area contributed by atoms with Crippen molar-refractivity contribution < 1.29 is 4.79 Å². The van der Waals surface area contributed by atoms with E-state index in [2.05, 4.69) is 11.1 Å². The van der Waals surface area contributed by atoms with E-state index in [0.717, 1.165) is 23.2 Å². The largest absolute Gasteiger partial charge is 0.340 e. The fraction of sp³-hybridized carbons (Fsp3) is 0.304. The van der Waals surface area contributed by atoms with Crippen LogP contribution in [0.3, 0.4) is 0 Å². The van der Waals surface area contributed by atoms with Crippen molar-refractivity contribution in [1.82, 2.24) is 19.0 Å². The summed E-state index contributed by atoms with van der Waals surface area (Å²) in [7, 11) is 0. The molecule has 0 unspecified atom stereocenters. The first kappa shape index (κ1) is 18.5. The first-order chi connectivity index (χ1) is 14.6.